The molecule has 5 nitrogen and oxygen atoms in total. The maximum Gasteiger partial charge on any atom is 0.248 e. The molecule has 1 unspecified atom stereocenters. The molecule has 2 aromatic carbocycles. The lowest BCUT2D eigenvalue weighted by Gasteiger charge is -2.31. The molecule has 140 valence electrons. The summed E-state index contributed by atoms with van der Waals surface area (Å²) in [7, 11) is -3.65. The number of sulfonamides is 1. The fraction of sp³-hybridized carbons (Fsp3) is 0.316. The predicted octanol–water partition coefficient (Wildman–Crippen LogP) is 4.25. The quantitative estimate of drug-likeness (QED) is 0.732. The third-order valence-electron chi connectivity index (χ3n) is 4.04. The summed E-state index contributed by atoms with van der Waals surface area (Å²) in [5.74, 6) is -0.360. The molecule has 2 aromatic rings. The van der Waals surface area contributed by atoms with Gasteiger partial charge in [0.1, 0.15) is 6.04 Å². The first-order valence-corrected chi connectivity index (χ1v) is 10.9. The van der Waals surface area contributed by atoms with Gasteiger partial charge in [-0.15, -0.1) is 0 Å². The fourth-order valence-electron chi connectivity index (χ4n) is 2.75. The first-order chi connectivity index (χ1) is 12.1. The minimum absolute atomic E-state index is 0.350. The Bertz CT molecular complexity index is 896. The van der Waals surface area contributed by atoms with E-state index in [0.717, 1.165) is 21.9 Å². The van der Waals surface area contributed by atoms with E-state index in [1.165, 1.54) is 4.31 Å². The van der Waals surface area contributed by atoms with Gasteiger partial charge >= 0.3 is 0 Å². The maximum atomic E-state index is 12.9. The summed E-state index contributed by atoms with van der Waals surface area (Å²) in [6.07, 6.45) is 1.48. The van der Waals surface area contributed by atoms with Crippen molar-refractivity contribution in [1.29, 1.82) is 0 Å². The summed E-state index contributed by atoms with van der Waals surface area (Å²) >= 11 is 3.35. The summed E-state index contributed by atoms with van der Waals surface area (Å²) in [5.41, 5.74) is 2.88. The van der Waals surface area contributed by atoms with Crippen LogP contribution in [0.25, 0.3) is 0 Å². The number of aryl methyl sites for hydroxylation is 2. The highest BCUT2D eigenvalue weighted by Crippen LogP contribution is 2.28. The highest BCUT2D eigenvalue weighted by Gasteiger charge is 2.32. The van der Waals surface area contributed by atoms with Gasteiger partial charge in [-0.3, -0.25) is 9.10 Å². The SMILES string of the molecule is CCC(C(=O)Nc1ccc(Br)cc1)N(c1cc(C)ccc1C)S(C)(=O)=O. The van der Waals surface area contributed by atoms with E-state index in [2.05, 4.69) is 21.2 Å². The highest BCUT2D eigenvalue weighted by atomic mass is 79.9. The molecule has 0 aliphatic carbocycles. The number of carbonyl (C=O) groups excluding carboxylic acids is 1. The molecule has 0 fully saturated rings. The number of nitrogens with one attached hydrogen (secondary N) is 1. The Morgan fingerprint density at radius 2 is 1.77 bits per heavy atom. The van der Waals surface area contributed by atoms with Gasteiger partial charge in [-0.1, -0.05) is 35.0 Å². The number of rotatable bonds is 6. The molecule has 0 aliphatic heterocycles. The van der Waals surface area contributed by atoms with Crippen molar-refractivity contribution in [1.82, 2.24) is 0 Å². The van der Waals surface area contributed by atoms with Gasteiger partial charge < -0.3 is 5.32 Å². The van der Waals surface area contributed by atoms with Gasteiger partial charge in [-0.05, 0) is 61.7 Å². The number of anilines is 2. The van der Waals surface area contributed by atoms with Crippen LogP contribution in [0.15, 0.2) is 46.9 Å². The molecule has 0 saturated heterocycles. The zero-order valence-corrected chi connectivity index (χ0v) is 17.7. The molecule has 7 heteroatoms. The first kappa shape index (κ1) is 20.5. The van der Waals surface area contributed by atoms with Crippen molar-refractivity contribution in [2.75, 3.05) is 15.9 Å². The standard InChI is InChI=1S/C19H23BrN2O3S/c1-5-17(19(23)21-16-10-8-15(20)9-11-16)22(26(4,24)25)18-12-13(2)6-7-14(18)3/h6-12,17H,5H2,1-4H3,(H,21,23). The van der Waals surface area contributed by atoms with Gasteiger partial charge in [0.2, 0.25) is 15.9 Å². The third kappa shape index (κ3) is 4.86. The molecule has 1 atom stereocenters. The summed E-state index contributed by atoms with van der Waals surface area (Å²) in [6, 6.07) is 11.9. The van der Waals surface area contributed by atoms with Gasteiger partial charge in [-0.25, -0.2) is 8.42 Å². The van der Waals surface area contributed by atoms with E-state index in [0.29, 0.717) is 17.8 Å². The summed E-state index contributed by atoms with van der Waals surface area (Å²) in [6.45, 7) is 5.54. The second-order valence-electron chi connectivity index (χ2n) is 6.27. The van der Waals surface area contributed by atoms with Crippen molar-refractivity contribution in [3.63, 3.8) is 0 Å². The van der Waals surface area contributed by atoms with Gasteiger partial charge in [0.25, 0.3) is 0 Å². The molecule has 0 radical (unpaired) electrons. The summed E-state index contributed by atoms with van der Waals surface area (Å²) in [5, 5.41) is 2.81. The summed E-state index contributed by atoms with van der Waals surface area (Å²) in [4.78, 5) is 12.9. The Labute approximate surface area is 163 Å². The lowest BCUT2D eigenvalue weighted by atomic mass is 10.1. The van der Waals surface area contributed by atoms with Crippen LogP contribution < -0.4 is 9.62 Å². The van der Waals surface area contributed by atoms with E-state index >= 15 is 0 Å². The van der Waals surface area contributed by atoms with Gasteiger partial charge in [-0.2, -0.15) is 0 Å². The molecule has 1 amide bonds. The maximum absolute atomic E-state index is 12.9. The normalized spacial score (nSPS) is 12.5. The number of benzene rings is 2. The smallest absolute Gasteiger partial charge is 0.248 e. The van der Waals surface area contributed by atoms with E-state index in [4.69, 9.17) is 0 Å². The predicted molar refractivity (Wildman–Crippen MR) is 110 cm³/mol. The molecule has 0 aliphatic rings. The van der Waals surface area contributed by atoms with Crippen molar-refractivity contribution in [3.05, 3.63) is 58.1 Å². The summed E-state index contributed by atoms with van der Waals surface area (Å²) < 4.78 is 27.2. The number of hydrogen-bond donors (Lipinski definition) is 1. The molecule has 0 saturated carbocycles. The van der Waals surface area contributed by atoms with Crippen LogP contribution in [0.2, 0.25) is 0 Å². The van der Waals surface area contributed by atoms with Crippen LogP contribution in [-0.2, 0) is 14.8 Å². The Balaban J connectivity index is 2.42. The Hall–Kier alpha value is -1.86. The zero-order valence-electron chi connectivity index (χ0n) is 15.3. The molecule has 0 aromatic heterocycles. The molecule has 1 N–H and O–H groups in total. The van der Waals surface area contributed by atoms with Crippen LogP contribution in [0.3, 0.4) is 0 Å². The molecular weight excluding hydrogens is 416 g/mol. The number of amides is 1. The van der Waals surface area contributed by atoms with E-state index in [9.17, 15) is 13.2 Å². The van der Waals surface area contributed by atoms with Crippen LogP contribution in [0.4, 0.5) is 11.4 Å². The topological polar surface area (TPSA) is 66.5 Å². The molecule has 0 heterocycles. The molecule has 2 rings (SSSR count). The Morgan fingerprint density at radius 3 is 2.31 bits per heavy atom. The van der Waals surface area contributed by atoms with Crippen molar-refractivity contribution in [2.24, 2.45) is 0 Å². The largest absolute Gasteiger partial charge is 0.324 e. The highest BCUT2D eigenvalue weighted by molar-refractivity contribution is 9.10. The van der Waals surface area contributed by atoms with Crippen LogP contribution in [-0.4, -0.2) is 26.6 Å². The average molecular weight is 439 g/mol. The van der Waals surface area contributed by atoms with Crippen LogP contribution in [0.5, 0.6) is 0 Å². The fourth-order valence-corrected chi connectivity index (χ4v) is 4.28. The van der Waals surface area contributed by atoms with Crippen LogP contribution >= 0.6 is 15.9 Å². The van der Waals surface area contributed by atoms with Gasteiger partial charge in [0, 0.05) is 10.2 Å². The van der Waals surface area contributed by atoms with Crippen LogP contribution in [0, 0.1) is 13.8 Å². The van der Waals surface area contributed by atoms with Gasteiger partial charge in [0.15, 0.2) is 0 Å². The first-order valence-electron chi connectivity index (χ1n) is 8.26. The third-order valence-corrected chi connectivity index (χ3v) is 5.74. The molecular formula is C19H23BrN2O3S. The Kier molecular flexibility index (Phi) is 6.47. The molecule has 0 spiro atoms. The van der Waals surface area contributed by atoms with E-state index in [1.807, 2.05) is 38.1 Å². The minimum Gasteiger partial charge on any atom is -0.324 e. The van der Waals surface area contributed by atoms with Gasteiger partial charge in [0.05, 0.1) is 11.9 Å². The number of carbonyl (C=O) groups is 1. The van der Waals surface area contributed by atoms with Crippen LogP contribution in [0.1, 0.15) is 24.5 Å². The van der Waals surface area contributed by atoms with Crippen molar-refractivity contribution < 1.29 is 13.2 Å². The average Bonchev–Trinajstić information content (AvgIpc) is 2.56. The van der Waals surface area contributed by atoms with Crippen molar-refractivity contribution in [2.45, 2.75) is 33.2 Å². The second kappa shape index (κ2) is 8.22. The monoisotopic (exact) mass is 438 g/mol. The van der Waals surface area contributed by atoms with E-state index in [1.54, 1.807) is 25.1 Å². The lowest BCUT2D eigenvalue weighted by molar-refractivity contribution is -0.117. The van der Waals surface area contributed by atoms with Crippen molar-refractivity contribution in [3.8, 4) is 0 Å². The number of halogens is 1. The number of hydrogen-bond acceptors (Lipinski definition) is 3. The Morgan fingerprint density at radius 1 is 1.15 bits per heavy atom. The van der Waals surface area contributed by atoms with E-state index < -0.39 is 16.1 Å². The lowest BCUT2D eigenvalue weighted by Crippen LogP contribution is -2.47. The number of nitrogens with zero attached hydrogens (tertiary/aromatic N) is 1. The zero-order chi connectivity index (χ0) is 19.5. The molecule has 0 bridgehead atoms. The molecule has 26 heavy (non-hydrogen) atoms. The van der Waals surface area contributed by atoms with E-state index in [-0.39, 0.29) is 5.91 Å². The second-order valence-corrected chi connectivity index (χ2v) is 9.04. The van der Waals surface area contributed by atoms with Crippen molar-refractivity contribution >= 4 is 43.2 Å². The minimum atomic E-state index is -3.65.